The molecular formula is C15H20O2. The fourth-order valence-corrected chi connectivity index (χ4v) is 1.55. The van der Waals surface area contributed by atoms with E-state index < -0.39 is 0 Å². The summed E-state index contributed by atoms with van der Waals surface area (Å²) in [4.78, 5) is 11.8. The van der Waals surface area contributed by atoms with E-state index in [1.165, 1.54) is 0 Å². The van der Waals surface area contributed by atoms with Crippen LogP contribution in [0.2, 0.25) is 0 Å². The number of hydrogen-bond acceptors (Lipinski definition) is 2. The van der Waals surface area contributed by atoms with Gasteiger partial charge >= 0.3 is 5.97 Å². The van der Waals surface area contributed by atoms with Gasteiger partial charge < -0.3 is 4.74 Å². The molecule has 1 atom stereocenters. The standard InChI is InChI=1S/C15H20O2/c1-5-14(10-11(2)3)17-15(16)13-8-6-12(4)7-9-13/h5-9,11,14H,1,10H2,2-4H3/t14-/m1/s1. The Morgan fingerprint density at radius 3 is 2.41 bits per heavy atom. The zero-order valence-electron chi connectivity index (χ0n) is 10.8. The minimum atomic E-state index is -0.282. The van der Waals surface area contributed by atoms with Crippen molar-refractivity contribution in [1.82, 2.24) is 0 Å². The van der Waals surface area contributed by atoms with Gasteiger partial charge in [0.25, 0.3) is 0 Å². The van der Waals surface area contributed by atoms with Crippen LogP contribution in [0.4, 0.5) is 0 Å². The number of carbonyl (C=O) groups is 1. The van der Waals surface area contributed by atoms with Crippen LogP contribution in [0.15, 0.2) is 36.9 Å². The van der Waals surface area contributed by atoms with Crippen molar-refractivity contribution >= 4 is 5.97 Å². The molecule has 0 aromatic heterocycles. The first kappa shape index (κ1) is 13.5. The highest BCUT2D eigenvalue weighted by Gasteiger charge is 2.14. The van der Waals surface area contributed by atoms with Crippen LogP contribution in [0, 0.1) is 12.8 Å². The van der Waals surface area contributed by atoms with Gasteiger partial charge in [-0.25, -0.2) is 4.79 Å². The van der Waals surface area contributed by atoms with Crippen molar-refractivity contribution in [2.45, 2.75) is 33.3 Å². The first-order valence-corrected chi connectivity index (χ1v) is 5.93. The zero-order valence-corrected chi connectivity index (χ0v) is 10.8. The van der Waals surface area contributed by atoms with Crippen LogP contribution in [0.3, 0.4) is 0 Å². The van der Waals surface area contributed by atoms with Gasteiger partial charge in [0.1, 0.15) is 6.10 Å². The topological polar surface area (TPSA) is 26.3 Å². The maximum Gasteiger partial charge on any atom is 0.338 e. The molecule has 0 N–H and O–H groups in total. The zero-order chi connectivity index (χ0) is 12.8. The summed E-state index contributed by atoms with van der Waals surface area (Å²) in [6.45, 7) is 9.87. The van der Waals surface area contributed by atoms with Crippen molar-refractivity contribution in [3.05, 3.63) is 48.0 Å². The second-order valence-electron chi connectivity index (χ2n) is 4.68. The summed E-state index contributed by atoms with van der Waals surface area (Å²) in [6.07, 6.45) is 2.29. The van der Waals surface area contributed by atoms with E-state index in [2.05, 4.69) is 20.4 Å². The van der Waals surface area contributed by atoms with E-state index in [0.29, 0.717) is 11.5 Å². The summed E-state index contributed by atoms with van der Waals surface area (Å²) in [5.74, 6) is 0.194. The summed E-state index contributed by atoms with van der Waals surface area (Å²) in [6, 6.07) is 7.38. The molecule has 1 aromatic carbocycles. The molecule has 0 spiro atoms. The quantitative estimate of drug-likeness (QED) is 0.571. The van der Waals surface area contributed by atoms with E-state index in [9.17, 15) is 4.79 Å². The third kappa shape index (κ3) is 4.43. The van der Waals surface area contributed by atoms with Crippen molar-refractivity contribution in [3.63, 3.8) is 0 Å². The highest BCUT2D eigenvalue weighted by atomic mass is 16.5. The van der Waals surface area contributed by atoms with Crippen LogP contribution in [-0.4, -0.2) is 12.1 Å². The van der Waals surface area contributed by atoms with Crippen LogP contribution >= 0.6 is 0 Å². The third-order valence-corrected chi connectivity index (χ3v) is 2.51. The molecule has 92 valence electrons. The SMILES string of the molecule is C=C[C@H](CC(C)C)OC(=O)c1ccc(C)cc1. The lowest BCUT2D eigenvalue weighted by molar-refractivity contribution is 0.0360. The second kappa shape index (κ2) is 6.24. The summed E-state index contributed by atoms with van der Waals surface area (Å²) in [7, 11) is 0. The van der Waals surface area contributed by atoms with Crippen LogP contribution in [0.25, 0.3) is 0 Å². The number of esters is 1. The maximum absolute atomic E-state index is 11.8. The Morgan fingerprint density at radius 2 is 1.94 bits per heavy atom. The van der Waals surface area contributed by atoms with Crippen molar-refractivity contribution in [2.75, 3.05) is 0 Å². The van der Waals surface area contributed by atoms with Gasteiger partial charge in [0.05, 0.1) is 5.56 Å². The Labute approximate surface area is 103 Å². The number of carbonyl (C=O) groups excluding carboxylic acids is 1. The highest BCUT2D eigenvalue weighted by Crippen LogP contribution is 2.12. The third-order valence-electron chi connectivity index (χ3n) is 2.51. The molecule has 2 nitrogen and oxygen atoms in total. The van der Waals surface area contributed by atoms with Crippen molar-refractivity contribution in [1.29, 1.82) is 0 Å². The van der Waals surface area contributed by atoms with Gasteiger partial charge in [0.15, 0.2) is 0 Å². The fourth-order valence-electron chi connectivity index (χ4n) is 1.55. The molecule has 1 aromatic rings. The monoisotopic (exact) mass is 232 g/mol. The van der Waals surface area contributed by atoms with Crippen LogP contribution < -0.4 is 0 Å². The fraction of sp³-hybridized carbons (Fsp3) is 0.400. The Hall–Kier alpha value is -1.57. The molecule has 0 saturated carbocycles. The minimum Gasteiger partial charge on any atom is -0.455 e. The molecule has 0 aliphatic carbocycles. The molecule has 1 rings (SSSR count). The molecule has 0 aliphatic rings. The Bertz CT molecular complexity index is 376. The Kier molecular flexibility index (Phi) is 4.95. The van der Waals surface area contributed by atoms with Crippen LogP contribution in [0.5, 0.6) is 0 Å². The summed E-state index contributed by atoms with van der Waals surface area (Å²) >= 11 is 0. The largest absolute Gasteiger partial charge is 0.455 e. The molecule has 0 saturated heterocycles. The lowest BCUT2D eigenvalue weighted by atomic mass is 10.1. The van der Waals surface area contributed by atoms with Gasteiger partial charge in [0.2, 0.25) is 0 Å². The number of ether oxygens (including phenoxy) is 1. The maximum atomic E-state index is 11.8. The molecular weight excluding hydrogens is 212 g/mol. The minimum absolute atomic E-state index is 0.205. The van der Waals surface area contributed by atoms with Gasteiger partial charge in [-0.05, 0) is 31.4 Å². The summed E-state index contributed by atoms with van der Waals surface area (Å²) in [5.41, 5.74) is 1.72. The molecule has 17 heavy (non-hydrogen) atoms. The van der Waals surface area contributed by atoms with E-state index in [1.54, 1.807) is 18.2 Å². The van der Waals surface area contributed by atoms with Gasteiger partial charge in [-0.2, -0.15) is 0 Å². The number of benzene rings is 1. The number of hydrogen-bond donors (Lipinski definition) is 0. The molecule has 0 heterocycles. The molecule has 0 radical (unpaired) electrons. The molecule has 0 unspecified atom stereocenters. The van der Waals surface area contributed by atoms with E-state index >= 15 is 0 Å². The smallest absolute Gasteiger partial charge is 0.338 e. The second-order valence-corrected chi connectivity index (χ2v) is 4.68. The van der Waals surface area contributed by atoms with Gasteiger partial charge in [-0.15, -0.1) is 0 Å². The molecule has 0 aliphatic heterocycles. The summed E-state index contributed by atoms with van der Waals surface area (Å²) < 4.78 is 5.38. The predicted molar refractivity (Wildman–Crippen MR) is 70.0 cm³/mol. The normalized spacial score (nSPS) is 12.2. The van der Waals surface area contributed by atoms with Crippen molar-refractivity contribution in [3.8, 4) is 0 Å². The van der Waals surface area contributed by atoms with Crippen molar-refractivity contribution in [2.24, 2.45) is 5.92 Å². The van der Waals surface area contributed by atoms with Gasteiger partial charge in [-0.3, -0.25) is 0 Å². The number of rotatable bonds is 5. The van der Waals surface area contributed by atoms with Crippen LogP contribution in [-0.2, 0) is 4.74 Å². The average molecular weight is 232 g/mol. The van der Waals surface area contributed by atoms with E-state index in [4.69, 9.17) is 4.74 Å². The first-order valence-electron chi connectivity index (χ1n) is 5.93. The first-order chi connectivity index (χ1) is 8.02. The molecule has 0 amide bonds. The average Bonchev–Trinajstić information content (AvgIpc) is 2.28. The Balaban J connectivity index is 2.64. The van der Waals surface area contributed by atoms with E-state index in [0.717, 1.165) is 12.0 Å². The predicted octanol–water partition coefficient (Wildman–Crippen LogP) is 3.75. The van der Waals surface area contributed by atoms with E-state index in [1.807, 2.05) is 19.1 Å². The van der Waals surface area contributed by atoms with Crippen molar-refractivity contribution < 1.29 is 9.53 Å². The van der Waals surface area contributed by atoms with Gasteiger partial charge in [0, 0.05) is 0 Å². The lowest BCUT2D eigenvalue weighted by Gasteiger charge is -2.16. The van der Waals surface area contributed by atoms with Gasteiger partial charge in [-0.1, -0.05) is 44.2 Å². The molecule has 0 bridgehead atoms. The molecule has 0 fully saturated rings. The molecule has 2 heteroatoms. The Morgan fingerprint density at radius 1 is 1.35 bits per heavy atom. The lowest BCUT2D eigenvalue weighted by Crippen LogP contribution is -2.18. The number of aryl methyl sites for hydroxylation is 1. The van der Waals surface area contributed by atoms with E-state index in [-0.39, 0.29) is 12.1 Å². The highest BCUT2D eigenvalue weighted by molar-refractivity contribution is 5.89. The van der Waals surface area contributed by atoms with Crippen LogP contribution in [0.1, 0.15) is 36.2 Å². The summed E-state index contributed by atoms with van der Waals surface area (Å²) in [5, 5.41) is 0.